The Morgan fingerprint density at radius 3 is 2.18 bits per heavy atom. The van der Waals surface area contributed by atoms with Crippen molar-refractivity contribution < 1.29 is 5.11 Å². The number of nitrogens with zero attached hydrogens (tertiary/aromatic N) is 3. The Kier molecular flexibility index (Phi) is 12.9. The average molecular weight is 524 g/mol. The summed E-state index contributed by atoms with van der Waals surface area (Å²) < 4.78 is 0. The van der Waals surface area contributed by atoms with Crippen LogP contribution in [-0.4, -0.2) is 46.2 Å². The van der Waals surface area contributed by atoms with Crippen molar-refractivity contribution in [1.82, 2.24) is 20.2 Å². The summed E-state index contributed by atoms with van der Waals surface area (Å²) in [5, 5.41) is 13.4. The molecular formula is C30H49N7O. The lowest BCUT2D eigenvalue weighted by atomic mass is 9.94. The molecule has 210 valence electrons. The monoisotopic (exact) mass is 523 g/mol. The molecule has 0 saturated carbocycles. The number of para-hydroxylation sites is 1. The van der Waals surface area contributed by atoms with Gasteiger partial charge >= 0.3 is 0 Å². The maximum atomic E-state index is 10.0. The van der Waals surface area contributed by atoms with Crippen LogP contribution < -0.4 is 22.5 Å². The van der Waals surface area contributed by atoms with Crippen molar-refractivity contribution in [2.45, 2.75) is 66.2 Å². The number of nitrogens with one attached hydrogen (secondary N) is 1. The highest BCUT2D eigenvalue weighted by atomic mass is 16.3. The van der Waals surface area contributed by atoms with Gasteiger partial charge in [-0.2, -0.15) is 0 Å². The summed E-state index contributed by atoms with van der Waals surface area (Å²) in [6, 6.07) is 9.03. The third kappa shape index (κ3) is 9.89. The van der Waals surface area contributed by atoms with Crippen LogP contribution in [0.5, 0.6) is 5.75 Å². The molecule has 8 N–H and O–H groups in total. The number of hydrogen-bond donors (Lipinski definition) is 5. The molecule has 8 nitrogen and oxygen atoms in total. The number of benzene rings is 1. The van der Waals surface area contributed by atoms with E-state index in [9.17, 15) is 5.11 Å². The van der Waals surface area contributed by atoms with Crippen LogP contribution in [0.15, 0.2) is 54.1 Å². The van der Waals surface area contributed by atoms with E-state index in [0.717, 1.165) is 50.5 Å². The number of allylic oxidation sites excluding steroid dienone is 1. The second kappa shape index (κ2) is 15.9. The Morgan fingerprint density at radius 1 is 1.05 bits per heavy atom. The lowest BCUT2D eigenvalue weighted by molar-refractivity contribution is 0.257. The molecule has 1 aliphatic rings. The van der Waals surface area contributed by atoms with Crippen molar-refractivity contribution in [3.05, 3.63) is 71.2 Å². The Labute approximate surface area is 229 Å². The Balaban J connectivity index is 0.000000323. The van der Waals surface area contributed by atoms with Crippen LogP contribution in [-0.2, 0) is 0 Å². The summed E-state index contributed by atoms with van der Waals surface area (Å²) in [6.07, 6.45) is 8.20. The third-order valence-corrected chi connectivity index (χ3v) is 7.16. The highest BCUT2D eigenvalue weighted by Crippen LogP contribution is 2.25. The molecule has 0 bridgehead atoms. The quantitative estimate of drug-likeness (QED) is 0.288. The minimum Gasteiger partial charge on any atom is -0.507 e. The first kappa shape index (κ1) is 31.0. The SMILES string of the molecule is CCC(C)CN(C[C@@H](C)CC)C(/C=C(\N)c1ccccc1O)=C(N)N.Cc1nccc(C2CCNCC2)n1. The van der Waals surface area contributed by atoms with Gasteiger partial charge in [-0.25, -0.2) is 9.97 Å². The van der Waals surface area contributed by atoms with Gasteiger partial charge in [-0.05, 0) is 69.0 Å². The Morgan fingerprint density at radius 2 is 1.66 bits per heavy atom. The van der Waals surface area contributed by atoms with Gasteiger partial charge in [0.05, 0.1) is 5.70 Å². The zero-order valence-electron chi connectivity index (χ0n) is 24.0. The van der Waals surface area contributed by atoms with E-state index in [1.54, 1.807) is 24.3 Å². The van der Waals surface area contributed by atoms with Gasteiger partial charge in [0.2, 0.25) is 0 Å². The second-order valence-electron chi connectivity index (χ2n) is 10.4. The fourth-order valence-electron chi connectivity index (χ4n) is 4.40. The molecule has 1 aromatic carbocycles. The van der Waals surface area contributed by atoms with Crippen molar-refractivity contribution in [1.29, 1.82) is 0 Å². The van der Waals surface area contributed by atoms with E-state index < -0.39 is 0 Å². The molecule has 1 fully saturated rings. The van der Waals surface area contributed by atoms with Crippen molar-refractivity contribution in [3.8, 4) is 5.75 Å². The number of aromatic nitrogens is 2. The lowest BCUT2D eigenvalue weighted by Crippen LogP contribution is -2.34. The molecule has 0 aliphatic carbocycles. The average Bonchev–Trinajstić information content (AvgIpc) is 2.92. The van der Waals surface area contributed by atoms with Gasteiger partial charge in [0.1, 0.15) is 17.4 Å². The molecule has 0 amide bonds. The molecule has 1 aliphatic heterocycles. The zero-order chi connectivity index (χ0) is 28.1. The lowest BCUT2D eigenvalue weighted by Gasteiger charge is -2.31. The number of aromatic hydroxyl groups is 1. The maximum absolute atomic E-state index is 10.0. The predicted molar refractivity (Wildman–Crippen MR) is 158 cm³/mol. The van der Waals surface area contributed by atoms with Crippen molar-refractivity contribution >= 4 is 5.70 Å². The van der Waals surface area contributed by atoms with Crippen LogP contribution in [0.2, 0.25) is 0 Å². The van der Waals surface area contributed by atoms with Crippen LogP contribution in [0.25, 0.3) is 5.70 Å². The maximum Gasteiger partial charge on any atom is 0.125 e. The van der Waals surface area contributed by atoms with Crippen molar-refractivity contribution in [3.63, 3.8) is 0 Å². The summed E-state index contributed by atoms with van der Waals surface area (Å²) >= 11 is 0. The summed E-state index contributed by atoms with van der Waals surface area (Å²) in [5.74, 6) is 2.93. The molecule has 38 heavy (non-hydrogen) atoms. The highest BCUT2D eigenvalue weighted by Gasteiger charge is 2.18. The molecule has 8 heteroatoms. The molecule has 0 radical (unpaired) electrons. The van der Waals surface area contributed by atoms with Gasteiger partial charge in [-0.3, -0.25) is 0 Å². The summed E-state index contributed by atoms with van der Waals surface area (Å²) in [5.41, 5.74) is 21.2. The number of phenols is 1. The molecule has 2 atom stereocenters. The van der Waals surface area contributed by atoms with E-state index in [2.05, 4.69) is 47.9 Å². The Hall–Kier alpha value is -3.26. The molecule has 1 unspecified atom stereocenters. The predicted octanol–water partition coefficient (Wildman–Crippen LogP) is 4.42. The van der Waals surface area contributed by atoms with E-state index in [-0.39, 0.29) is 11.6 Å². The van der Waals surface area contributed by atoms with E-state index in [0.29, 0.717) is 29.0 Å². The van der Waals surface area contributed by atoms with E-state index in [4.69, 9.17) is 17.2 Å². The molecule has 2 aromatic rings. The number of aryl methyl sites for hydroxylation is 1. The van der Waals surface area contributed by atoms with Gasteiger partial charge in [0.15, 0.2) is 0 Å². The Bertz CT molecular complexity index is 1030. The largest absolute Gasteiger partial charge is 0.507 e. The zero-order valence-corrected chi connectivity index (χ0v) is 24.0. The summed E-state index contributed by atoms with van der Waals surface area (Å²) in [6.45, 7) is 14.7. The first-order valence-corrected chi connectivity index (χ1v) is 13.9. The molecule has 2 heterocycles. The molecule has 1 saturated heterocycles. The van der Waals surface area contributed by atoms with Gasteiger partial charge in [0.25, 0.3) is 0 Å². The fraction of sp³-hybridized carbons (Fsp3) is 0.533. The number of phenolic OH excluding ortho intramolecular Hbond substituents is 1. The first-order chi connectivity index (χ1) is 18.2. The highest BCUT2D eigenvalue weighted by molar-refractivity contribution is 5.69. The normalized spacial score (nSPS) is 15.7. The number of nitrogens with two attached hydrogens (primary N) is 3. The van der Waals surface area contributed by atoms with Gasteiger partial charge in [0, 0.05) is 42.2 Å². The van der Waals surface area contributed by atoms with Crippen LogP contribution >= 0.6 is 0 Å². The van der Waals surface area contributed by atoms with Crippen molar-refractivity contribution in [2.24, 2.45) is 29.0 Å². The molecule has 1 aromatic heterocycles. The first-order valence-electron chi connectivity index (χ1n) is 13.9. The minimum atomic E-state index is 0.140. The van der Waals surface area contributed by atoms with Crippen LogP contribution in [0, 0.1) is 18.8 Å². The van der Waals surface area contributed by atoms with Crippen LogP contribution in [0.3, 0.4) is 0 Å². The smallest absolute Gasteiger partial charge is 0.125 e. The minimum absolute atomic E-state index is 0.140. The number of rotatable bonds is 10. The third-order valence-electron chi connectivity index (χ3n) is 7.16. The van der Waals surface area contributed by atoms with Gasteiger partial charge < -0.3 is 32.5 Å². The van der Waals surface area contributed by atoms with Crippen LogP contribution in [0.4, 0.5) is 0 Å². The van der Waals surface area contributed by atoms with E-state index in [1.807, 2.05) is 25.3 Å². The summed E-state index contributed by atoms with van der Waals surface area (Å²) in [7, 11) is 0. The standard InChI is InChI=1S/C20H34N4O.C10H15N3/c1-5-14(3)12-24(13-15(4)6-2)18(20(22)23)11-17(21)16-9-7-8-10-19(16)25;1-8-12-7-4-10(13-8)9-2-5-11-6-3-9/h7-11,14-15,25H,5-6,12-13,21-23H2,1-4H3;4,7,9,11H,2-3,5-6H2,1H3/b17-11-;/t14-,15?;/m0./s1. The fourth-order valence-corrected chi connectivity index (χ4v) is 4.40. The van der Waals surface area contributed by atoms with E-state index in [1.165, 1.54) is 18.5 Å². The molecule has 0 spiro atoms. The van der Waals surface area contributed by atoms with E-state index >= 15 is 0 Å². The van der Waals surface area contributed by atoms with Crippen LogP contribution in [0.1, 0.15) is 76.4 Å². The topological polar surface area (TPSA) is 139 Å². The molecular weight excluding hydrogens is 474 g/mol. The van der Waals surface area contributed by atoms with Gasteiger partial charge in [-0.1, -0.05) is 52.7 Å². The van der Waals surface area contributed by atoms with Gasteiger partial charge in [-0.15, -0.1) is 0 Å². The number of piperidine rings is 1. The van der Waals surface area contributed by atoms with Crippen molar-refractivity contribution in [2.75, 3.05) is 26.2 Å². The second-order valence-corrected chi connectivity index (χ2v) is 10.4. The molecule has 3 rings (SSSR count). The summed E-state index contributed by atoms with van der Waals surface area (Å²) in [4.78, 5) is 10.8. The number of hydrogen-bond acceptors (Lipinski definition) is 8.